The smallest absolute Gasteiger partial charge is 0.271 e. The van der Waals surface area contributed by atoms with Gasteiger partial charge in [-0.3, -0.25) is 4.79 Å². The lowest BCUT2D eigenvalue weighted by atomic mass is 10.2. The minimum Gasteiger partial charge on any atom is -0.488 e. The molecule has 27 heavy (non-hydrogen) atoms. The highest BCUT2D eigenvalue weighted by Crippen LogP contribution is 2.18. The van der Waals surface area contributed by atoms with E-state index in [1.807, 2.05) is 48.5 Å². The van der Waals surface area contributed by atoms with Crippen LogP contribution in [0.2, 0.25) is 5.02 Å². The molecule has 0 aliphatic heterocycles. The van der Waals surface area contributed by atoms with Crippen molar-refractivity contribution in [3.8, 4) is 5.75 Å². The summed E-state index contributed by atoms with van der Waals surface area (Å²) in [6, 6.07) is 22.0. The van der Waals surface area contributed by atoms with E-state index in [9.17, 15) is 4.79 Å². The number of nitrogens with one attached hydrogen (secondary N) is 1. The molecule has 6 heteroatoms. The van der Waals surface area contributed by atoms with Crippen molar-refractivity contribution in [2.24, 2.45) is 5.10 Å². The standard InChI is InChI=1S/C21H16BrClN2O2/c22-18-9-5-15(6-10-18)14-27-20-4-2-1-3-17(20)13-24-25-21(26)16-7-11-19(23)12-8-16/h1-13H,14H2,(H,25,26)/b24-13-. The van der Waals surface area contributed by atoms with E-state index in [-0.39, 0.29) is 5.91 Å². The molecule has 136 valence electrons. The molecule has 0 radical (unpaired) electrons. The van der Waals surface area contributed by atoms with E-state index >= 15 is 0 Å². The van der Waals surface area contributed by atoms with E-state index < -0.39 is 0 Å². The summed E-state index contributed by atoms with van der Waals surface area (Å²) in [7, 11) is 0. The van der Waals surface area contributed by atoms with Gasteiger partial charge in [-0.05, 0) is 54.1 Å². The van der Waals surface area contributed by atoms with Crippen molar-refractivity contribution in [3.63, 3.8) is 0 Å². The number of hydrogen-bond donors (Lipinski definition) is 1. The predicted molar refractivity (Wildman–Crippen MR) is 111 cm³/mol. The molecular weight excluding hydrogens is 428 g/mol. The second kappa shape index (κ2) is 9.35. The molecule has 1 N–H and O–H groups in total. The molecule has 3 aromatic carbocycles. The highest BCUT2D eigenvalue weighted by Gasteiger charge is 2.05. The summed E-state index contributed by atoms with van der Waals surface area (Å²) in [5.74, 6) is 0.376. The van der Waals surface area contributed by atoms with E-state index in [4.69, 9.17) is 16.3 Å². The molecule has 0 saturated carbocycles. The lowest BCUT2D eigenvalue weighted by Gasteiger charge is -2.09. The van der Waals surface area contributed by atoms with Crippen molar-refractivity contribution in [2.75, 3.05) is 0 Å². The van der Waals surface area contributed by atoms with Gasteiger partial charge in [0.25, 0.3) is 5.91 Å². The van der Waals surface area contributed by atoms with Crippen LogP contribution in [0.5, 0.6) is 5.75 Å². The van der Waals surface area contributed by atoms with Gasteiger partial charge in [0.15, 0.2) is 0 Å². The molecule has 0 fully saturated rings. The van der Waals surface area contributed by atoms with Crippen LogP contribution in [0.3, 0.4) is 0 Å². The molecule has 0 aliphatic carbocycles. The summed E-state index contributed by atoms with van der Waals surface area (Å²) in [5, 5.41) is 4.60. The Morgan fingerprint density at radius 2 is 1.74 bits per heavy atom. The van der Waals surface area contributed by atoms with Gasteiger partial charge < -0.3 is 4.74 Å². The van der Waals surface area contributed by atoms with Crippen LogP contribution in [-0.4, -0.2) is 12.1 Å². The van der Waals surface area contributed by atoms with Gasteiger partial charge in [0, 0.05) is 20.6 Å². The summed E-state index contributed by atoms with van der Waals surface area (Å²) in [5.41, 5.74) is 4.81. The molecule has 3 aromatic rings. The molecule has 0 spiro atoms. The molecule has 3 rings (SSSR count). The maximum absolute atomic E-state index is 12.1. The number of rotatable bonds is 6. The highest BCUT2D eigenvalue weighted by atomic mass is 79.9. The summed E-state index contributed by atoms with van der Waals surface area (Å²) in [4.78, 5) is 12.1. The zero-order valence-corrected chi connectivity index (χ0v) is 16.6. The lowest BCUT2D eigenvalue weighted by molar-refractivity contribution is 0.0955. The summed E-state index contributed by atoms with van der Waals surface area (Å²) in [6.45, 7) is 0.440. The van der Waals surface area contributed by atoms with E-state index in [1.165, 1.54) is 0 Å². The molecule has 0 bridgehead atoms. The summed E-state index contributed by atoms with van der Waals surface area (Å²) >= 11 is 9.24. The fourth-order valence-electron chi connectivity index (χ4n) is 2.29. The Labute approximate surface area is 171 Å². The molecule has 4 nitrogen and oxygen atoms in total. The maximum Gasteiger partial charge on any atom is 0.271 e. The first-order valence-corrected chi connectivity index (χ1v) is 9.34. The van der Waals surface area contributed by atoms with Gasteiger partial charge in [-0.25, -0.2) is 5.43 Å². The Balaban J connectivity index is 1.62. The number of carbonyl (C=O) groups is 1. The first-order chi connectivity index (χ1) is 13.1. The third-order valence-electron chi connectivity index (χ3n) is 3.70. The fourth-order valence-corrected chi connectivity index (χ4v) is 2.68. The van der Waals surface area contributed by atoms with E-state index in [0.29, 0.717) is 22.9 Å². The average Bonchev–Trinajstić information content (AvgIpc) is 2.69. The normalized spacial score (nSPS) is 10.7. The Hall–Kier alpha value is -2.63. The number of carbonyl (C=O) groups excluding carboxylic acids is 1. The van der Waals surface area contributed by atoms with Crippen molar-refractivity contribution in [1.82, 2.24) is 5.43 Å². The van der Waals surface area contributed by atoms with Crippen LogP contribution < -0.4 is 10.2 Å². The minimum atomic E-state index is -0.309. The van der Waals surface area contributed by atoms with Crippen LogP contribution >= 0.6 is 27.5 Å². The van der Waals surface area contributed by atoms with Gasteiger partial charge in [-0.2, -0.15) is 5.10 Å². The van der Waals surface area contributed by atoms with E-state index in [1.54, 1.807) is 30.5 Å². The second-order valence-electron chi connectivity index (χ2n) is 5.66. The fraction of sp³-hybridized carbons (Fsp3) is 0.0476. The van der Waals surface area contributed by atoms with Crippen LogP contribution in [0.15, 0.2) is 82.4 Å². The van der Waals surface area contributed by atoms with Crippen molar-refractivity contribution in [3.05, 3.63) is 99.0 Å². The molecule has 1 amide bonds. The Morgan fingerprint density at radius 1 is 1.04 bits per heavy atom. The monoisotopic (exact) mass is 442 g/mol. The van der Waals surface area contributed by atoms with Gasteiger partial charge in [0.1, 0.15) is 12.4 Å². The van der Waals surface area contributed by atoms with Crippen molar-refractivity contribution >= 4 is 39.7 Å². The number of ether oxygens (including phenoxy) is 1. The quantitative estimate of drug-likeness (QED) is 0.407. The zero-order valence-electron chi connectivity index (χ0n) is 14.2. The van der Waals surface area contributed by atoms with Crippen LogP contribution in [-0.2, 0) is 6.61 Å². The van der Waals surface area contributed by atoms with Crippen LogP contribution in [0.25, 0.3) is 0 Å². The van der Waals surface area contributed by atoms with Crippen molar-refractivity contribution in [1.29, 1.82) is 0 Å². The summed E-state index contributed by atoms with van der Waals surface area (Å²) in [6.07, 6.45) is 1.56. The topological polar surface area (TPSA) is 50.7 Å². The Morgan fingerprint density at radius 3 is 2.48 bits per heavy atom. The van der Waals surface area contributed by atoms with E-state index in [2.05, 4.69) is 26.5 Å². The van der Waals surface area contributed by atoms with Crippen molar-refractivity contribution in [2.45, 2.75) is 6.61 Å². The van der Waals surface area contributed by atoms with Gasteiger partial charge in [-0.1, -0.05) is 51.8 Å². The summed E-state index contributed by atoms with van der Waals surface area (Å²) < 4.78 is 6.91. The highest BCUT2D eigenvalue weighted by molar-refractivity contribution is 9.10. The third-order valence-corrected chi connectivity index (χ3v) is 4.48. The van der Waals surface area contributed by atoms with E-state index in [0.717, 1.165) is 15.6 Å². The largest absolute Gasteiger partial charge is 0.488 e. The third kappa shape index (κ3) is 5.67. The molecule has 0 saturated heterocycles. The van der Waals surface area contributed by atoms with Gasteiger partial charge in [-0.15, -0.1) is 0 Å². The molecular formula is C21H16BrClN2O2. The number of para-hydroxylation sites is 1. The van der Waals surface area contributed by atoms with Crippen molar-refractivity contribution < 1.29 is 9.53 Å². The number of nitrogens with zero attached hydrogens (tertiary/aromatic N) is 1. The first-order valence-electron chi connectivity index (χ1n) is 8.17. The average molecular weight is 444 g/mol. The first kappa shape index (κ1) is 19.1. The predicted octanol–water partition coefficient (Wildman–Crippen LogP) is 5.45. The van der Waals surface area contributed by atoms with Crippen LogP contribution in [0.1, 0.15) is 21.5 Å². The number of hydrazone groups is 1. The number of benzene rings is 3. The van der Waals surface area contributed by atoms with Crippen LogP contribution in [0.4, 0.5) is 0 Å². The Bertz CT molecular complexity index is 941. The molecule has 0 heterocycles. The lowest BCUT2D eigenvalue weighted by Crippen LogP contribution is -2.17. The zero-order chi connectivity index (χ0) is 19.1. The van der Waals surface area contributed by atoms with Crippen LogP contribution in [0, 0.1) is 0 Å². The number of hydrogen-bond acceptors (Lipinski definition) is 3. The molecule has 0 aliphatic rings. The molecule has 0 atom stereocenters. The van der Waals surface area contributed by atoms with Gasteiger partial charge in [0.2, 0.25) is 0 Å². The minimum absolute atomic E-state index is 0.309. The number of halogens is 2. The maximum atomic E-state index is 12.1. The second-order valence-corrected chi connectivity index (χ2v) is 7.01. The van der Waals surface area contributed by atoms with Gasteiger partial charge in [0.05, 0.1) is 6.21 Å². The Kier molecular flexibility index (Phi) is 6.63. The SMILES string of the molecule is O=C(N/N=C\c1ccccc1OCc1ccc(Br)cc1)c1ccc(Cl)cc1. The number of amides is 1. The molecule has 0 aromatic heterocycles. The van der Waals surface area contributed by atoms with Gasteiger partial charge >= 0.3 is 0 Å². The molecule has 0 unspecified atom stereocenters.